The topological polar surface area (TPSA) is 44.8 Å². The van der Waals surface area contributed by atoms with Crippen molar-refractivity contribution in [3.05, 3.63) is 29.3 Å². The molecule has 5 nitrogen and oxygen atoms in total. The van der Waals surface area contributed by atoms with Crippen LogP contribution in [-0.4, -0.2) is 63.8 Å². The van der Waals surface area contributed by atoms with Crippen LogP contribution in [0, 0.1) is 13.8 Å². The molecule has 1 aromatic rings. The van der Waals surface area contributed by atoms with E-state index in [-0.39, 0.29) is 5.91 Å². The molecular weight excluding hydrogens is 290 g/mol. The molecular formula is C18H29N3O2. The molecule has 0 atom stereocenters. The Hall–Kier alpha value is -1.59. The molecule has 0 spiro atoms. The summed E-state index contributed by atoms with van der Waals surface area (Å²) in [4.78, 5) is 16.6. The Morgan fingerprint density at radius 1 is 1.17 bits per heavy atom. The maximum Gasteiger partial charge on any atom is 0.223 e. The van der Waals surface area contributed by atoms with E-state index in [4.69, 9.17) is 4.74 Å². The first kappa shape index (κ1) is 17.8. The standard InChI is InChI=1S/C18H29N3O2/c1-15-5-4-6-17(16(15)2)20-10-12-21(13-11-20)18(22)7-8-19-9-14-23-3/h4-6,19H,7-14H2,1-3H3. The molecule has 0 saturated carbocycles. The number of anilines is 1. The van der Waals surface area contributed by atoms with Gasteiger partial charge in [0.15, 0.2) is 0 Å². The van der Waals surface area contributed by atoms with Gasteiger partial charge in [-0.2, -0.15) is 0 Å². The van der Waals surface area contributed by atoms with Crippen molar-refractivity contribution >= 4 is 11.6 Å². The summed E-state index contributed by atoms with van der Waals surface area (Å²) in [7, 11) is 1.68. The number of methoxy groups -OCH3 is 1. The van der Waals surface area contributed by atoms with E-state index in [1.165, 1.54) is 16.8 Å². The number of hydrogen-bond acceptors (Lipinski definition) is 4. The van der Waals surface area contributed by atoms with Gasteiger partial charge in [-0.05, 0) is 31.0 Å². The number of benzene rings is 1. The summed E-state index contributed by atoms with van der Waals surface area (Å²) >= 11 is 0. The van der Waals surface area contributed by atoms with Gasteiger partial charge < -0.3 is 19.9 Å². The smallest absolute Gasteiger partial charge is 0.223 e. The average Bonchev–Trinajstić information content (AvgIpc) is 2.57. The van der Waals surface area contributed by atoms with Gasteiger partial charge in [0.05, 0.1) is 6.61 Å². The highest BCUT2D eigenvalue weighted by molar-refractivity contribution is 5.76. The first-order valence-corrected chi connectivity index (χ1v) is 8.42. The van der Waals surface area contributed by atoms with Crippen molar-refractivity contribution in [2.45, 2.75) is 20.3 Å². The number of amides is 1. The zero-order valence-electron chi connectivity index (χ0n) is 14.6. The molecule has 0 aliphatic carbocycles. The van der Waals surface area contributed by atoms with Gasteiger partial charge in [0.1, 0.15) is 0 Å². The molecule has 1 aliphatic rings. The molecule has 128 valence electrons. The van der Waals surface area contributed by atoms with Gasteiger partial charge in [-0.15, -0.1) is 0 Å². The molecule has 5 heteroatoms. The summed E-state index contributed by atoms with van der Waals surface area (Å²) < 4.78 is 4.97. The monoisotopic (exact) mass is 319 g/mol. The highest BCUT2D eigenvalue weighted by Crippen LogP contribution is 2.23. The maximum absolute atomic E-state index is 12.2. The molecule has 0 radical (unpaired) electrons. The first-order valence-electron chi connectivity index (χ1n) is 8.42. The summed E-state index contributed by atoms with van der Waals surface area (Å²) in [6, 6.07) is 6.44. The van der Waals surface area contributed by atoms with E-state index < -0.39 is 0 Å². The third-order valence-electron chi connectivity index (χ3n) is 4.55. The highest BCUT2D eigenvalue weighted by atomic mass is 16.5. The Kier molecular flexibility index (Phi) is 6.86. The normalized spacial score (nSPS) is 15.1. The van der Waals surface area contributed by atoms with E-state index in [2.05, 4.69) is 42.3 Å². The molecule has 0 unspecified atom stereocenters. The molecule has 2 rings (SSSR count). The number of hydrogen-bond donors (Lipinski definition) is 1. The number of ether oxygens (including phenoxy) is 1. The Morgan fingerprint density at radius 3 is 2.61 bits per heavy atom. The summed E-state index contributed by atoms with van der Waals surface area (Å²) in [5.41, 5.74) is 3.97. The number of piperazine rings is 1. The van der Waals surface area contributed by atoms with Gasteiger partial charge in [-0.25, -0.2) is 0 Å². The average molecular weight is 319 g/mol. The SMILES string of the molecule is COCCNCCC(=O)N1CCN(c2cccc(C)c2C)CC1. The second kappa shape index (κ2) is 8.89. The Labute approximate surface area is 139 Å². The van der Waals surface area contributed by atoms with Crippen LogP contribution in [0.15, 0.2) is 18.2 Å². The summed E-state index contributed by atoms with van der Waals surface area (Å²) in [6.07, 6.45) is 0.563. The van der Waals surface area contributed by atoms with Crippen LogP contribution in [0.1, 0.15) is 17.5 Å². The lowest BCUT2D eigenvalue weighted by Crippen LogP contribution is -2.49. The van der Waals surface area contributed by atoms with Crippen LogP contribution in [0.4, 0.5) is 5.69 Å². The number of nitrogens with one attached hydrogen (secondary N) is 1. The molecule has 1 fully saturated rings. The van der Waals surface area contributed by atoms with Crippen LogP contribution in [0.5, 0.6) is 0 Å². The van der Waals surface area contributed by atoms with Gasteiger partial charge in [-0.3, -0.25) is 4.79 Å². The third kappa shape index (κ3) is 4.94. The number of rotatable bonds is 7. The van der Waals surface area contributed by atoms with Crippen molar-refractivity contribution in [3.63, 3.8) is 0 Å². The van der Waals surface area contributed by atoms with E-state index in [1.54, 1.807) is 7.11 Å². The van der Waals surface area contributed by atoms with Gasteiger partial charge in [0, 0.05) is 58.5 Å². The largest absolute Gasteiger partial charge is 0.383 e. The quantitative estimate of drug-likeness (QED) is 0.775. The van der Waals surface area contributed by atoms with E-state index in [9.17, 15) is 4.79 Å². The Morgan fingerprint density at radius 2 is 1.91 bits per heavy atom. The van der Waals surface area contributed by atoms with E-state index in [1.807, 2.05) is 4.90 Å². The van der Waals surface area contributed by atoms with Crippen LogP contribution in [0.3, 0.4) is 0 Å². The minimum absolute atomic E-state index is 0.246. The minimum atomic E-state index is 0.246. The molecule has 1 amide bonds. The second-order valence-electron chi connectivity index (χ2n) is 6.08. The molecule has 1 N–H and O–H groups in total. The third-order valence-corrected chi connectivity index (χ3v) is 4.55. The molecule has 1 aromatic carbocycles. The van der Waals surface area contributed by atoms with Crippen molar-refractivity contribution in [2.24, 2.45) is 0 Å². The first-order chi connectivity index (χ1) is 11.1. The Bertz CT molecular complexity index is 511. The lowest BCUT2D eigenvalue weighted by Gasteiger charge is -2.37. The molecule has 1 saturated heterocycles. The highest BCUT2D eigenvalue weighted by Gasteiger charge is 2.21. The van der Waals surface area contributed by atoms with Crippen molar-refractivity contribution in [3.8, 4) is 0 Å². The van der Waals surface area contributed by atoms with Gasteiger partial charge in [0.25, 0.3) is 0 Å². The fourth-order valence-electron chi connectivity index (χ4n) is 2.93. The lowest BCUT2D eigenvalue weighted by atomic mass is 10.1. The van der Waals surface area contributed by atoms with Crippen LogP contribution < -0.4 is 10.2 Å². The number of nitrogens with zero attached hydrogens (tertiary/aromatic N) is 2. The second-order valence-corrected chi connectivity index (χ2v) is 6.08. The fraction of sp³-hybridized carbons (Fsp3) is 0.611. The predicted molar refractivity (Wildman–Crippen MR) is 94.1 cm³/mol. The summed E-state index contributed by atoms with van der Waals surface area (Å²) in [6.45, 7) is 9.96. The van der Waals surface area contributed by atoms with E-state index in [0.717, 1.165) is 39.3 Å². The lowest BCUT2D eigenvalue weighted by molar-refractivity contribution is -0.131. The maximum atomic E-state index is 12.2. The molecule has 0 aromatic heterocycles. The van der Waals surface area contributed by atoms with Crippen LogP contribution >= 0.6 is 0 Å². The number of aryl methyl sites for hydroxylation is 1. The summed E-state index contributed by atoms with van der Waals surface area (Å²) in [5.74, 6) is 0.246. The number of carbonyl (C=O) groups is 1. The zero-order valence-corrected chi connectivity index (χ0v) is 14.6. The van der Waals surface area contributed by atoms with Crippen LogP contribution in [-0.2, 0) is 9.53 Å². The molecule has 1 aliphatic heterocycles. The van der Waals surface area contributed by atoms with E-state index in [0.29, 0.717) is 13.0 Å². The minimum Gasteiger partial charge on any atom is -0.383 e. The van der Waals surface area contributed by atoms with Gasteiger partial charge >= 0.3 is 0 Å². The van der Waals surface area contributed by atoms with Crippen molar-refractivity contribution < 1.29 is 9.53 Å². The van der Waals surface area contributed by atoms with Crippen molar-refractivity contribution in [2.75, 3.05) is 57.9 Å². The summed E-state index contributed by atoms with van der Waals surface area (Å²) in [5, 5.41) is 3.22. The van der Waals surface area contributed by atoms with E-state index >= 15 is 0 Å². The zero-order chi connectivity index (χ0) is 16.7. The Balaban J connectivity index is 1.77. The molecule has 0 bridgehead atoms. The van der Waals surface area contributed by atoms with Gasteiger partial charge in [0.2, 0.25) is 5.91 Å². The molecule has 23 heavy (non-hydrogen) atoms. The number of carbonyl (C=O) groups excluding carboxylic acids is 1. The predicted octanol–water partition coefficient (Wildman–Crippen LogP) is 1.58. The van der Waals surface area contributed by atoms with Crippen LogP contribution in [0.2, 0.25) is 0 Å². The fourth-order valence-corrected chi connectivity index (χ4v) is 2.93. The van der Waals surface area contributed by atoms with Crippen molar-refractivity contribution in [1.29, 1.82) is 0 Å². The van der Waals surface area contributed by atoms with Crippen molar-refractivity contribution in [1.82, 2.24) is 10.2 Å². The molecule has 1 heterocycles. The van der Waals surface area contributed by atoms with Gasteiger partial charge in [-0.1, -0.05) is 12.1 Å². The van der Waals surface area contributed by atoms with Crippen LogP contribution in [0.25, 0.3) is 0 Å².